The van der Waals surface area contributed by atoms with Gasteiger partial charge in [-0.15, -0.1) is 16.4 Å². The molecule has 0 saturated heterocycles. The average Bonchev–Trinajstić information content (AvgIpc) is 3.32. The Balaban J connectivity index is 1.58. The van der Waals surface area contributed by atoms with Crippen molar-refractivity contribution in [2.75, 3.05) is 10.6 Å². The van der Waals surface area contributed by atoms with E-state index in [0.29, 0.717) is 16.4 Å². The van der Waals surface area contributed by atoms with Gasteiger partial charge in [0.25, 0.3) is 5.91 Å². The number of aromatic nitrogens is 5. The number of nitrogens with one attached hydrogen (secondary N) is 2. The molecule has 9 heteroatoms. The Kier molecular flexibility index (Phi) is 4.81. The zero-order valence-corrected chi connectivity index (χ0v) is 16.1. The maximum Gasteiger partial charge on any atom is 0.277 e. The Labute approximate surface area is 165 Å². The highest BCUT2D eigenvalue weighted by molar-refractivity contribution is 7.16. The largest absolute Gasteiger partial charge is 0.345 e. The van der Waals surface area contributed by atoms with Crippen LogP contribution in [0.3, 0.4) is 0 Å². The molecule has 1 aromatic carbocycles. The minimum absolute atomic E-state index is 0.273. The molecule has 8 nitrogen and oxygen atoms in total. The van der Waals surface area contributed by atoms with Crippen molar-refractivity contribution in [2.45, 2.75) is 13.8 Å². The third kappa shape index (κ3) is 3.89. The van der Waals surface area contributed by atoms with Crippen molar-refractivity contribution in [2.24, 2.45) is 0 Å². The number of benzene rings is 1. The molecule has 0 radical (unpaired) electrons. The second kappa shape index (κ2) is 7.57. The number of carbonyl (C=O) groups excluding carboxylic acids is 1. The lowest BCUT2D eigenvalue weighted by Crippen LogP contribution is -2.14. The number of thiazole rings is 1. The van der Waals surface area contributed by atoms with Crippen LogP contribution in [0.4, 0.5) is 16.4 Å². The fraction of sp³-hybridized carbons (Fsp3) is 0.105. The summed E-state index contributed by atoms with van der Waals surface area (Å²) in [4.78, 5) is 21.3. The van der Waals surface area contributed by atoms with E-state index in [-0.39, 0.29) is 5.91 Å². The second-order valence-corrected chi connectivity index (χ2v) is 7.28. The van der Waals surface area contributed by atoms with Gasteiger partial charge in [-0.25, -0.2) is 9.67 Å². The maximum absolute atomic E-state index is 12.8. The minimum atomic E-state index is -0.273. The van der Waals surface area contributed by atoms with Crippen molar-refractivity contribution in [3.05, 3.63) is 71.4 Å². The van der Waals surface area contributed by atoms with Gasteiger partial charge < -0.3 is 10.6 Å². The molecule has 0 saturated carbocycles. The number of hydrogen-bond donors (Lipinski definition) is 2. The lowest BCUT2D eigenvalue weighted by molar-refractivity contribution is 0.102. The first kappa shape index (κ1) is 17.8. The molecule has 2 N–H and O–H groups in total. The predicted molar refractivity (Wildman–Crippen MR) is 108 cm³/mol. The number of pyridine rings is 1. The van der Waals surface area contributed by atoms with Crippen LogP contribution in [0.5, 0.6) is 0 Å². The molecule has 3 heterocycles. The summed E-state index contributed by atoms with van der Waals surface area (Å²) in [6.07, 6.45) is 5.05. The highest BCUT2D eigenvalue weighted by Gasteiger charge is 2.18. The van der Waals surface area contributed by atoms with Gasteiger partial charge >= 0.3 is 0 Å². The third-order valence-electron chi connectivity index (χ3n) is 3.89. The summed E-state index contributed by atoms with van der Waals surface area (Å²) in [5.41, 5.74) is 3.55. The lowest BCUT2D eigenvalue weighted by atomic mass is 10.2. The molecule has 0 atom stereocenters. The van der Waals surface area contributed by atoms with E-state index < -0.39 is 0 Å². The molecular weight excluding hydrogens is 374 g/mol. The highest BCUT2D eigenvalue weighted by atomic mass is 32.1. The smallest absolute Gasteiger partial charge is 0.277 e. The molecule has 3 aromatic heterocycles. The normalized spacial score (nSPS) is 10.6. The quantitative estimate of drug-likeness (QED) is 0.538. The van der Waals surface area contributed by atoms with Crippen LogP contribution in [0.15, 0.2) is 55.0 Å². The van der Waals surface area contributed by atoms with Crippen LogP contribution in [0.2, 0.25) is 0 Å². The zero-order chi connectivity index (χ0) is 19.5. The van der Waals surface area contributed by atoms with E-state index in [0.717, 1.165) is 22.1 Å². The molecule has 0 bridgehead atoms. The molecule has 0 aliphatic carbocycles. The topological polar surface area (TPSA) is 97.6 Å². The summed E-state index contributed by atoms with van der Waals surface area (Å²) in [7, 11) is 0. The summed E-state index contributed by atoms with van der Waals surface area (Å²) >= 11 is 1.42. The fourth-order valence-electron chi connectivity index (χ4n) is 2.68. The third-order valence-corrected chi connectivity index (χ3v) is 4.78. The Morgan fingerprint density at radius 2 is 2.00 bits per heavy atom. The van der Waals surface area contributed by atoms with E-state index in [1.165, 1.54) is 11.3 Å². The van der Waals surface area contributed by atoms with Crippen molar-refractivity contribution < 1.29 is 4.79 Å². The molecule has 4 rings (SSSR count). The summed E-state index contributed by atoms with van der Waals surface area (Å²) < 4.78 is 1.67. The van der Waals surface area contributed by atoms with Crippen molar-refractivity contribution >= 4 is 33.6 Å². The Morgan fingerprint density at radius 1 is 1.11 bits per heavy atom. The van der Waals surface area contributed by atoms with Gasteiger partial charge in [-0.05, 0) is 44.2 Å². The fourth-order valence-corrected chi connectivity index (χ4v) is 3.52. The highest BCUT2D eigenvalue weighted by Crippen LogP contribution is 2.29. The van der Waals surface area contributed by atoms with Crippen LogP contribution >= 0.6 is 11.3 Å². The molecule has 4 aromatic rings. The molecule has 0 unspecified atom stereocenters. The number of amides is 1. The molecule has 0 fully saturated rings. The van der Waals surface area contributed by atoms with Gasteiger partial charge in [0.15, 0.2) is 5.69 Å². The standard InChI is InChI=1S/C19H17N7OS/c1-12-10-15(6-7-20-12)23-18(27)17-19(28-13(2)22-17)24-14-4-3-5-16(11-14)26-9-8-21-25-26/h3-11,24H,1-2H3,(H,20,23,27). The summed E-state index contributed by atoms with van der Waals surface area (Å²) in [6, 6.07) is 11.2. The minimum Gasteiger partial charge on any atom is -0.345 e. The van der Waals surface area contributed by atoms with E-state index in [1.807, 2.05) is 44.2 Å². The maximum atomic E-state index is 12.8. The molecular formula is C19H17N7OS. The number of aryl methyl sites for hydroxylation is 2. The van der Waals surface area contributed by atoms with Crippen LogP contribution in [-0.4, -0.2) is 30.9 Å². The number of anilines is 3. The molecule has 0 spiro atoms. The average molecular weight is 391 g/mol. The van der Waals surface area contributed by atoms with Gasteiger partial charge in [0.1, 0.15) is 5.00 Å². The first-order valence-corrected chi connectivity index (χ1v) is 9.35. The molecule has 0 aliphatic heterocycles. The van der Waals surface area contributed by atoms with E-state index in [9.17, 15) is 4.79 Å². The Morgan fingerprint density at radius 3 is 2.79 bits per heavy atom. The summed E-state index contributed by atoms with van der Waals surface area (Å²) in [5, 5.41) is 15.5. The number of carbonyl (C=O) groups is 1. The number of hydrogen-bond acceptors (Lipinski definition) is 7. The van der Waals surface area contributed by atoms with E-state index in [4.69, 9.17) is 0 Å². The van der Waals surface area contributed by atoms with Crippen LogP contribution in [0, 0.1) is 13.8 Å². The van der Waals surface area contributed by atoms with Crippen molar-refractivity contribution in [1.29, 1.82) is 0 Å². The SMILES string of the molecule is Cc1cc(NC(=O)c2nc(C)sc2Nc2cccc(-n3ccnn3)c2)ccn1. The van der Waals surface area contributed by atoms with Gasteiger partial charge in [0, 0.05) is 23.3 Å². The second-order valence-electron chi connectivity index (χ2n) is 6.07. The van der Waals surface area contributed by atoms with Gasteiger partial charge in [0.05, 0.1) is 23.1 Å². The van der Waals surface area contributed by atoms with Gasteiger partial charge in [-0.3, -0.25) is 9.78 Å². The lowest BCUT2D eigenvalue weighted by Gasteiger charge is -2.09. The molecule has 0 aliphatic rings. The monoisotopic (exact) mass is 391 g/mol. The van der Waals surface area contributed by atoms with Crippen molar-refractivity contribution in [3.8, 4) is 5.69 Å². The Bertz CT molecular complexity index is 1120. The first-order chi connectivity index (χ1) is 13.6. The summed E-state index contributed by atoms with van der Waals surface area (Å²) in [6.45, 7) is 3.74. The van der Waals surface area contributed by atoms with Crippen LogP contribution < -0.4 is 10.6 Å². The van der Waals surface area contributed by atoms with Crippen molar-refractivity contribution in [3.63, 3.8) is 0 Å². The number of nitrogens with zero attached hydrogens (tertiary/aromatic N) is 5. The number of rotatable bonds is 5. The molecule has 1 amide bonds. The van der Waals surface area contributed by atoms with E-state index in [2.05, 4.69) is 30.9 Å². The van der Waals surface area contributed by atoms with Crippen LogP contribution in [0.25, 0.3) is 5.69 Å². The predicted octanol–water partition coefficient (Wildman–Crippen LogP) is 3.73. The first-order valence-electron chi connectivity index (χ1n) is 8.54. The molecule has 28 heavy (non-hydrogen) atoms. The van der Waals surface area contributed by atoms with Crippen LogP contribution in [-0.2, 0) is 0 Å². The van der Waals surface area contributed by atoms with Gasteiger partial charge in [-0.1, -0.05) is 11.3 Å². The van der Waals surface area contributed by atoms with E-state index in [1.54, 1.807) is 29.3 Å². The molecule has 140 valence electrons. The van der Waals surface area contributed by atoms with E-state index >= 15 is 0 Å². The van der Waals surface area contributed by atoms with Crippen molar-refractivity contribution in [1.82, 2.24) is 25.0 Å². The van der Waals surface area contributed by atoms with Crippen LogP contribution in [0.1, 0.15) is 21.2 Å². The zero-order valence-electron chi connectivity index (χ0n) is 15.2. The van der Waals surface area contributed by atoms with Gasteiger partial charge in [-0.2, -0.15) is 0 Å². The summed E-state index contributed by atoms with van der Waals surface area (Å²) in [5.74, 6) is -0.273. The van der Waals surface area contributed by atoms with Gasteiger partial charge in [0.2, 0.25) is 0 Å². The Hall–Kier alpha value is -3.59.